The van der Waals surface area contributed by atoms with Gasteiger partial charge in [-0.1, -0.05) is 17.7 Å². The summed E-state index contributed by atoms with van der Waals surface area (Å²) in [6.07, 6.45) is 0. The first-order chi connectivity index (χ1) is 13.9. The highest BCUT2D eigenvalue weighted by Gasteiger charge is 2.17. The number of nitrogens with one attached hydrogen (secondary N) is 1. The molecule has 0 aliphatic heterocycles. The zero-order chi connectivity index (χ0) is 21.4. The van der Waals surface area contributed by atoms with Crippen molar-refractivity contribution in [2.45, 2.75) is 20.8 Å². The first-order valence-corrected chi connectivity index (χ1v) is 9.40. The molecule has 0 aliphatic rings. The largest absolute Gasteiger partial charge is 0.496 e. The molecule has 0 atom stereocenters. The lowest BCUT2D eigenvalue weighted by Crippen LogP contribution is -2.30. The molecule has 0 aliphatic carbocycles. The van der Waals surface area contributed by atoms with Crippen LogP contribution in [-0.2, 0) is 9.53 Å². The van der Waals surface area contributed by atoms with E-state index in [-0.39, 0.29) is 11.5 Å². The number of carbonyl (C=O) groups excluding carboxylic acids is 3. The Morgan fingerprint density at radius 2 is 1.76 bits per heavy atom. The molecule has 0 heterocycles. The Labute approximate surface area is 170 Å². The Kier molecular flexibility index (Phi) is 7.77. The van der Waals surface area contributed by atoms with Gasteiger partial charge in [0, 0.05) is 24.3 Å². The number of methoxy groups -OCH3 is 1. The molecular formula is C22H26N2O5. The average molecular weight is 398 g/mol. The number of nitrogens with zero attached hydrogens (tertiary/aromatic N) is 1. The third-order valence-electron chi connectivity index (χ3n) is 4.35. The molecule has 0 fully saturated rings. The summed E-state index contributed by atoms with van der Waals surface area (Å²) in [6, 6.07) is 11.8. The summed E-state index contributed by atoms with van der Waals surface area (Å²) >= 11 is 0. The van der Waals surface area contributed by atoms with Crippen molar-refractivity contribution in [3.63, 3.8) is 0 Å². The van der Waals surface area contributed by atoms with Crippen LogP contribution in [0.3, 0.4) is 0 Å². The second-order valence-corrected chi connectivity index (χ2v) is 6.39. The van der Waals surface area contributed by atoms with Crippen molar-refractivity contribution in [1.29, 1.82) is 0 Å². The summed E-state index contributed by atoms with van der Waals surface area (Å²) in [5, 5.41) is 2.64. The summed E-state index contributed by atoms with van der Waals surface area (Å²) in [6.45, 7) is 6.41. The summed E-state index contributed by atoms with van der Waals surface area (Å²) in [4.78, 5) is 38.6. The molecule has 0 radical (unpaired) electrons. The topological polar surface area (TPSA) is 84.9 Å². The zero-order valence-corrected chi connectivity index (χ0v) is 17.2. The van der Waals surface area contributed by atoms with Crippen LogP contribution in [0, 0.1) is 6.92 Å². The fourth-order valence-electron chi connectivity index (χ4n) is 2.81. The standard InChI is InChI=1S/C22H26N2O5/c1-5-24(6-2)21(26)16-8-7-9-17(13-16)23-20(25)14-29-22(27)18-12-15(3)10-11-19(18)28-4/h7-13H,5-6,14H2,1-4H3,(H,23,25). The van der Waals surface area contributed by atoms with E-state index in [2.05, 4.69) is 5.32 Å². The Bertz CT molecular complexity index is 891. The Hall–Kier alpha value is -3.35. The maximum Gasteiger partial charge on any atom is 0.342 e. The fraction of sp³-hybridized carbons (Fsp3) is 0.318. The fourth-order valence-corrected chi connectivity index (χ4v) is 2.81. The van der Waals surface area contributed by atoms with E-state index in [0.717, 1.165) is 5.56 Å². The van der Waals surface area contributed by atoms with Crippen molar-refractivity contribution in [3.05, 3.63) is 59.2 Å². The molecule has 154 valence electrons. The monoisotopic (exact) mass is 398 g/mol. The first-order valence-electron chi connectivity index (χ1n) is 9.40. The molecule has 0 bridgehead atoms. The van der Waals surface area contributed by atoms with Crippen LogP contribution in [0.25, 0.3) is 0 Å². The van der Waals surface area contributed by atoms with Gasteiger partial charge in [0.05, 0.1) is 7.11 Å². The van der Waals surface area contributed by atoms with Gasteiger partial charge in [-0.15, -0.1) is 0 Å². The number of aryl methyl sites for hydroxylation is 1. The highest BCUT2D eigenvalue weighted by Crippen LogP contribution is 2.20. The molecular weight excluding hydrogens is 372 g/mol. The summed E-state index contributed by atoms with van der Waals surface area (Å²) in [5.41, 5.74) is 2.06. The van der Waals surface area contributed by atoms with Gasteiger partial charge >= 0.3 is 5.97 Å². The molecule has 7 nitrogen and oxygen atoms in total. The van der Waals surface area contributed by atoms with Gasteiger partial charge in [0.25, 0.3) is 11.8 Å². The quantitative estimate of drug-likeness (QED) is 0.690. The van der Waals surface area contributed by atoms with Gasteiger partial charge in [-0.05, 0) is 51.1 Å². The molecule has 1 N–H and O–H groups in total. The Morgan fingerprint density at radius 1 is 1.03 bits per heavy atom. The SMILES string of the molecule is CCN(CC)C(=O)c1cccc(NC(=O)COC(=O)c2cc(C)ccc2OC)c1. The summed E-state index contributed by atoms with van der Waals surface area (Å²) in [7, 11) is 1.46. The number of hydrogen-bond acceptors (Lipinski definition) is 5. The molecule has 29 heavy (non-hydrogen) atoms. The highest BCUT2D eigenvalue weighted by molar-refractivity contribution is 5.99. The predicted octanol–water partition coefficient (Wildman–Crippen LogP) is 3.28. The highest BCUT2D eigenvalue weighted by atomic mass is 16.5. The van der Waals surface area contributed by atoms with Crippen molar-refractivity contribution in [2.24, 2.45) is 0 Å². The smallest absolute Gasteiger partial charge is 0.342 e. The first kappa shape index (κ1) is 21.9. The lowest BCUT2D eigenvalue weighted by atomic mass is 10.1. The second-order valence-electron chi connectivity index (χ2n) is 6.39. The van der Waals surface area contributed by atoms with E-state index in [9.17, 15) is 14.4 Å². The van der Waals surface area contributed by atoms with E-state index >= 15 is 0 Å². The number of anilines is 1. The maximum atomic E-state index is 12.4. The van der Waals surface area contributed by atoms with E-state index in [1.54, 1.807) is 41.3 Å². The molecule has 0 saturated carbocycles. The number of amides is 2. The second kappa shape index (κ2) is 10.3. The number of esters is 1. The van der Waals surface area contributed by atoms with Crippen LogP contribution >= 0.6 is 0 Å². The minimum atomic E-state index is -0.647. The van der Waals surface area contributed by atoms with Crippen molar-refractivity contribution in [3.8, 4) is 5.75 Å². The number of hydrogen-bond donors (Lipinski definition) is 1. The van der Waals surface area contributed by atoms with Gasteiger partial charge < -0.3 is 19.7 Å². The zero-order valence-electron chi connectivity index (χ0n) is 17.2. The lowest BCUT2D eigenvalue weighted by molar-refractivity contribution is -0.119. The van der Waals surface area contributed by atoms with Crippen LogP contribution in [0.15, 0.2) is 42.5 Å². The van der Waals surface area contributed by atoms with Gasteiger partial charge in [-0.25, -0.2) is 4.79 Å². The molecule has 7 heteroatoms. The van der Waals surface area contributed by atoms with Crippen LogP contribution in [-0.4, -0.2) is 49.5 Å². The predicted molar refractivity (Wildman–Crippen MR) is 110 cm³/mol. The summed E-state index contributed by atoms with van der Waals surface area (Å²) < 4.78 is 10.3. The number of benzene rings is 2. The van der Waals surface area contributed by atoms with Crippen LogP contribution < -0.4 is 10.1 Å². The summed E-state index contributed by atoms with van der Waals surface area (Å²) in [5.74, 6) is -0.878. The van der Waals surface area contributed by atoms with Crippen molar-refractivity contribution >= 4 is 23.5 Å². The van der Waals surface area contributed by atoms with E-state index in [4.69, 9.17) is 9.47 Å². The number of rotatable bonds is 8. The van der Waals surface area contributed by atoms with Gasteiger partial charge in [0.1, 0.15) is 11.3 Å². The van der Waals surface area contributed by atoms with Crippen molar-refractivity contribution in [2.75, 3.05) is 32.1 Å². The van der Waals surface area contributed by atoms with Gasteiger partial charge in [0.2, 0.25) is 0 Å². The van der Waals surface area contributed by atoms with Crippen molar-refractivity contribution < 1.29 is 23.9 Å². The maximum absolute atomic E-state index is 12.4. The molecule has 0 spiro atoms. The van der Waals surface area contributed by atoms with Crippen molar-refractivity contribution in [1.82, 2.24) is 4.90 Å². The van der Waals surface area contributed by atoms with Crippen LogP contribution in [0.5, 0.6) is 5.75 Å². The molecule has 2 amide bonds. The third-order valence-corrected chi connectivity index (χ3v) is 4.35. The number of ether oxygens (including phenoxy) is 2. The average Bonchev–Trinajstić information content (AvgIpc) is 2.73. The molecule has 0 aromatic heterocycles. The Morgan fingerprint density at radius 3 is 2.41 bits per heavy atom. The lowest BCUT2D eigenvalue weighted by Gasteiger charge is -2.19. The number of carbonyl (C=O) groups is 3. The van der Waals surface area contributed by atoms with Crippen LogP contribution in [0.1, 0.15) is 40.1 Å². The molecule has 0 unspecified atom stereocenters. The minimum Gasteiger partial charge on any atom is -0.496 e. The normalized spacial score (nSPS) is 10.2. The van der Waals surface area contributed by atoms with Gasteiger partial charge in [-0.2, -0.15) is 0 Å². The van der Waals surface area contributed by atoms with E-state index in [1.807, 2.05) is 26.8 Å². The van der Waals surface area contributed by atoms with Crippen LogP contribution in [0.2, 0.25) is 0 Å². The molecule has 0 saturated heterocycles. The molecule has 2 aromatic carbocycles. The third kappa shape index (κ3) is 5.81. The Balaban J connectivity index is 1.99. The molecule has 2 aromatic rings. The van der Waals surface area contributed by atoms with E-state index in [0.29, 0.717) is 30.1 Å². The van der Waals surface area contributed by atoms with Crippen LogP contribution in [0.4, 0.5) is 5.69 Å². The van der Waals surface area contributed by atoms with Gasteiger partial charge in [-0.3, -0.25) is 9.59 Å². The van der Waals surface area contributed by atoms with E-state index in [1.165, 1.54) is 7.11 Å². The minimum absolute atomic E-state index is 0.107. The molecule has 2 rings (SSSR count). The van der Waals surface area contributed by atoms with Gasteiger partial charge in [0.15, 0.2) is 6.61 Å². The van der Waals surface area contributed by atoms with E-state index < -0.39 is 18.5 Å².